The molecule has 2 aliphatic heterocycles. The first-order chi connectivity index (χ1) is 18.4. The van der Waals surface area contributed by atoms with Gasteiger partial charge < -0.3 is 19.9 Å². The molecule has 2 fully saturated rings. The number of hydrogen-bond donors (Lipinski definition) is 1. The number of nitrogens with one attached hydrogen (secondary N) is 1. The third kappa shape index (κ3) is 5.60. The normalized spacial score (nSPS) is 20.5. The van der Waals surface area contributed by atoms with Crippen molar-refractivity contribution in [2.45, 2.75) is 45.6 Å². The van der Waals surface area contributed by atoms with Crippen LogP contribution >= 0.6 is 0 Å². The van der Waals surface area contributed by atoms with Gasteiger partial charge in [-0.15, -0.1) is 6.42 Å². The van der Waals surface area contributed by atoms with E-state index in [1.165, 1.54) is 5.01 Å². The van der Waals surface area contributed by atoms with Crippen LogP contribution in [0.2, 0.25) is 0 Å². The van der Waals surface area contributed by atoms with Crippen LogP contribution in [0.1, 0.15) is 31.4 Å². The van der Waals surface area contributed by atoms with E-state index < -0.39 is 12.2 Å². The van der Waals surface area contributed by atoms with Gasteiger partial charge in [0.1, 0.15) is 18.0 Å². The number of ether oxygens (including phenoxy) is 1. The third-order valence-electron chi connectivity index (χ3n) is 7.25. The van der Waals surface area contributed by atoms with Crippen LogP contribution in [0.5, 0.6) is 5.75 Å². The molecule has 2 aromatic carbocycles. The Morgan fingerprint density at radius 2 is 1.84 bits per heavy atom. The number of methoxy groups -OCH3 is 1. The van der Waals surface area contributed by atoms with Gasteiger partial charge in [-0.1, -0.05) is 68.7 Å². The van der Waals surface area contributed by atoms with Crippen molar-refractivity contribution in [1.29, 1.82) is 0 Å². The maximum atomic E-state index is 13.8. The van der Waals surface area contributed by atoms with Crippen LogP contribution in [0.25, 0.3) is 0 Å². The molecule has 38 heavy (non-hydrogen) atoms. The van der Waals surface area contributed by atoms with Gasteiger partial charge in [-0.3, -0.25) is 9.59 Å². The number of rotatable bonds is 8. The Hall–Kier alpha value is -4.03. The summed E-state index contributed by atoms with van der Waals surface area (Å²) in [5.41, 5.74) is 1.88. The molecule has 0 aromatic heterocycles. The molecule has 3 atom stereocenters. The van der Waals surface area contributed by atoms with Gasteiger partial charge in [-0.05, 0) is 29.2 Å². The van der Waals surface area contributed by atoms with Gasteiger partial charge in [0.15, 0.2) is 0 Å². The molecular formula is C29H35N5O4. The lowest BCUT2D eigenvalue weighted by molar-refractivity contribution is -0.192. The zero-order chi connectivity index (χ0) is 27.2. The molecule has 2 heterocycles. The smallest absolute Gasteiger partial charge is 0.334 e. The lowest BCUT2D eigenvalue weighted by atomic mass is 9.92. The summed E-state index contributed by atoms with van der Waals surface area (Å²) < 4.78 is 5.26. The van der Waals surface area contributed by atoms with Crippen molar-refractivity contribution in [2.75, 3.05) is 26.7 Å². The highest BCUT2D eigenvalue weighted by Gasteiger charge is 2.52. The van der Waals surface area contributed by atoms with E-state index in [4.69, 9.17) is 11.2 Å². The number of urea groups is 1. The van der Waals surface area contributed by atoms with Crippen LogP contribution in [-0.4, -0.2) is 76.6 Å². The van der Waals surface area contributed by atoms with Crippen molar-refractivity contribution < 1.29 is 19.1 Å². The Bertz CT molecular complexity index is 1180. The predicted octanol–water partition coefficient (Wildman–Crippen LogP) is 2.68. The number of terminal acetylenes is 1. The van der Waals surface area contributed by atoms with E-state index in [1.807, 2.05) is 68.4 Å². The summed E-state index contributed by atoms with van der Waals surface area (Å²) >= 11 is 0. The number of carbonyl (C=O) groups is 3. The van der Waals surface area contributed by atoms with Crippen molar-refractivity contribution in [3.8, 4) is 18.1 Å². The third-order valence-corrected chi connectivity index (χ3v) is 7.25. The van der Waals surface area contributed by atoms with E-state index in [0.29, 0.717) is 19.5 Å². The van der Waals surface area contributed by atoms with E-state index in [-0.39, 0.29) is 43.4 Å². The van der Waals surface area contributed by atoms with E-state index in [1.54, 1.807) is 21.9 Å². The number of benzene rings is 2. The maximum Gasteiger partial charge on any atom is 0.334 e. The van der Waals surface area contributed by atoms with Crippen molar-refractivity contribution in [1.82, 2.24) is 25.1 Å². The quantitative estimate of drug-likeness (QED) is 0.545. The Balaban J connectivity index is 1.66. The number of nitrogens with zero attached hydrogens (tertiary/aromatic N) is 4. The van der Waals surface area contributed by atoms with Crippen LogP contribution in [-0.2, 0) is 22.7 Å². The van der Waals surface area contributed by atoms with Crippen LogP contribution < -0.4 is 10.1 Å². The van der Waals surface area contributed by atoms with Gasteiger partial charge in [0.2, 0.25) is 11.8 Å². The van der Waals surface area contributed by atoms with E-state index >= 15 is 0 Å². The minimum atomic E-state index is -0.685. The molecule has 0 saturated carbocycles. The molecule has 4 rings (SSSR count). The van der Waals surface area contributed by atoms with Gasteiger partial charge in [-0.2, -0.15) is 5.01 Å². The molecule has 2 saturated heterocycles. The standard InChI is InChI=1S/C29H35N5O4/c1-5-16-32-20-26(35)33-25(34(32)29(37)30-17-22-10-8-7-9-11-22)19-31(28(36)27(33)21(3)6-2)18-23-12-14-24(38-4)15-13-23/h1,7-15,21,25,27H,6,16-20H2,2-4H3,(H,30,37)/t21?,25-,27-/m0/s1. The molecule has 1 unspecified atom stereocenters. The first-order valence-corrected chi connectivity index (χ1v) is 12.9. The number of hydrazine groups is 1. The Morgan fingerprint density at radius 1 is 1.13 bits per heavy atom. The number of piperazine rings is 1. The summed E-state index contributed by atoms with van der Waals surface area (Å²) in [5.74, 6) is 2.88. The molecule has 200 valence electrons. The Morgan fingerprint density at radius 3 is 2.47 bits per heavy atom. The molecule has 1 N–H and O–H groups in total. The summed E-state index contributed by atoms with van der Waals surface area (Å²) in [5, 5.41) is 6.10. The molecule has 0 spiro atoms. The number of hydrogen-bond acceptors (Lipinski definition) is 5. The fraction of sp³-hybridized carbons (Fsp3) is 0.414. The molecule has 0 radical (unpaired) electrons. The van der Waals surface area contributed by atoms with E-state index in [2.05, 4.69) is 11.2 Å². The molecule has 9 heteroatoms. The maximum absolute atomic E-state index is 13.8. The van der Waals surface area contributed by atoms with Gasteiger partial charge in [-0.25, -0.2) is 9.80 Å². The van der Waals surface area contributed by atoms with Crippen LogP contribution in [0.3, 0.4) is 0 Å². The van der Waals surface area contributed by atoms with E-state index in [0.717, 1.165) is 16.9 Å². The monoisotopic (exact) mass is 517 g/mol. The first-order valence-electron chi connectivity index (χ1n) is 12.9. The predicted molar refractivity (Wildman–Crippen MR) is 143 cm³/mol. The minimum Gasteiger partial charge on any atom is -0.497 e. The Kier molecular flexibility index (Phi) is 8.54. The van der Waals surface area contributed by atoms with Gasteiger partial charge in [0.25, 0.3) is 0 Å². The largest absolute Gasteiger partial charge is 0.497 e. The fourth-order valence-corrected chi connectivity index (χ4v) is 5.08. The Labute approximate surface area is 224 Å². The average Bonchev–Trinajstić information content (AvgIpc) is 2.93. The summed E-state index contributed by atoms with van der Waals surface area (Å²) in [4.78, 5) is 44.2. The second-order valence-corrected chi connectivity index (χ2v) is 9.69. The highest BCUT2D eigenvalue weighted by atomic mass is 16.5. The zero-order valence-electron chi connectivity index (χ0n) is 22.2. The SMILES string of the molecule is C#CCN1CC(=O)N2[C@@H](C(C)CC)C(=O)N(Cc3ccc(OC)cc3)C[C@@H]2N1C(=O)NCc1ccccc1. The molecule has 4 amide bonds. The van der Waals surface area contributed by atoms with Crippen molar-refractivity contribution in [3.63, 3.8) is 0 Å². The summed E-state index contributed by atoms with van der Waals surface area (Å²) in [6.45, 7) is 4.83. The lowest BCUT2D eigenvalue weighted by Crippen LogP contribution is -2.77. The first kappa shape index (κ1) is 27.0. The zero-order valence-corrected chi connectivity index (χ0v) is 22.2. The van der Waals surface area contributed by atoms with Crippen molar-refractivity contribution >= 4 is 17.8 Å². The van der Waals surface area contributed by atoms with E-state index in [9.17, 15) is 14.4 Å². The van der Waals surface area contributed by atoms with Gasteiger partial charge in [0, 0.05) is 13.1 Å². The molecule has 2 aromatic rings. The molecule has 0 bridgehead atoms. The van der Waals surface area contributed by atoms with Gasteiger partial charge in [0.05, 0.1) is 26.7 Å². The fourth-order valence-electron chi connectivity index (χ4n) is 5.08. The molecule has 0 aliphatic carbocycles. The number of fused-ring (bicyclic) bond motifs is 1. The summed E-state index contributed by atoms with van der Waals surface area (Å²) in [7, 11) is 1.61. The number of amides is 4. The van der Waals surface area contributed by atoms with Crippen LogP contribution in [0, 0.1) is 18.3 Å². The highest BCUT2D eigenvalue weighted by molar-refractivity contribution is 5.91. The highest BCUT2D eigenvalue weighted by Crippen LogP contribution is 2.31. The second-order valence-electron chi connectivity index (χ2n) is 9.69. The van der Waals surface area contributed by atoms with Gasteiger partial charge >= 0.3 is 6.03 Å². The van der Waals surface area contributed by atoms with Crippen LogP contribution in [0.4, 0.5) is 4.79 Å². The van der Waals surface area contributed by atoms with Crippen molar-refractivity contribution in [3.05, 3.63) is 65.7 Å². The molecular weight excluding hydrogens is 482 g/mol. The van der Waals surface area contributed by atoms with Crippen LogP contribution in [0.15, 0.2) is 54.6 Å². The average molecular weight is 518 g/mol. The second kappa shape index (κ2) is 12.0. The lowest BCUT2D eigenvalue weighted by Gasteiger charge is -2.55. The molecule has 2 aliphatic rings. The topological polar surface area (TPSA) is 85.4 Å². The summed E-state index contributed by atoms with van der Waals surface area (Å²) in [6, 6.07) is 16.1. The molecule has 9 nitrogen and oxygen atoms in total. The summed E-state index contributed by atoms with van der Waals surface area (Å²) in [6.07, 6.45) is 5.64. The minimum absolute atomic E-state index is 0.0713. The number of carbonyl (C=O) groups excluding carboxylic acids is 3. The van der Waals surface area contributed by atoms with Crippen molar-refractivity contribution in [2.24, 2.45) is 5.92 Å².